The number of aromatic nitrogens is 1. The lowest BCUT2D eigenvalue weighted by Crippen LogP contribution is -2.31. The molecule has 1 aliphatic heterocycles. The second-order valence-electron chi connectivity index (χ2n) is 6.81. The number of rotatable bonds is 4. The van der Waals surface area contributed by atoms with Crippen LogP contribution in [0.1, 0.15) is 22.6 Å². The van der Waals surface area contributed by atoms with Gasteiger partial charge in [0.15, 0.2) is 0 Å². The Morgan fingerprint density at radius 2 is 1.85 bits per heavy atom. The van der Waals surface area contributed by atoms with Gasteiger partial charge in [0.05, 0.1) is 12.2 Å². The molecule has 26 heavy (non-hydrogen) atoms. The van der Waals surface area contributed by atoms with Gasteiger partial charge in [-0.05, 0) is 48.7 Å². The van der Waals surface area contributed by atoms with E-state index in [0.717, 1.165) is 22.4 Å². The van der Waals surface area contributed by atoms with Gasteiger partial charge in [-0.3, -0.25) is 9.78 Å². The van der Waals surface area contributed by atoms with Crippen molar-refractivity contribution in [3.8, 4) is 0 Å². The molecule has 1 fully saturated rings. The van der Waals surface area contributed by atoms with Gasteiger partial charge in [-0.15, -0.1) is 0 Å². The van der Waals surface area contributed by atoms with E-state index >= 15 is 0 Å². The molecule has 138 valence electrons. The van der Waals surface area contributed by atoms with E-state index in [1.807, 2.05) is 44.2 Å². The minimum atomic E-state index is -3.36. The lowest BCUT2D eigenvalue weighted by Gasteiger charge is -2.19. The van der Waals surface area contributed by atoms with Crippen LogP contribution in [0.4, 0.5) is 5.69 Å². The predicted octanol–water partition coefficient (Wildman–Crippen LogP) is 2.31. The van der Waals surface area contributed by atoms with Gasteiger partial charge in [-0.25, -0.2) is 12.7 Å². The molecule has 0 radical (unpaired) electrons. The van der Waals surface area contributed by atoms with Crippen molar-refractivity contribution < 1.29 is 13.2 Å². The van der Waals surface area contributed by atoms with Crippen LogP contribution in [0.5, 0.6) is 0 Å². The lowest BCUT2D eigenvalue weighted by atomic mass is 9.89. The number of nitrogens with one attached hydrogen (secondary N) is 1. The molecule has 2 heterocycles. The first kappa shape index (κ1) is 18.5. The highest BCUT2D eigenvalue weighted by molar-refractivity contribution is 7.88. The van der Waals surface area contributed by atoms with Gasteiger partial charge >= 0.3 is 0 Å². The van der Waals surface area contributed by atoms with Crippen LogP contribution in [0.2, 0.25) is 0 Å². The number of hydrogen-bond acceptors (Lipinski definition) is 4. The summed E-state index contributed by atoms with van der Waals surface area (Å²) in [6.07, 6.45) is 4.51. The smallest absolute Gasteiger partial charge is 0.229 e. The molecule has 1 N–H and O–H groups in total. The Balaban J connectivity index is 1.89. The third kappa shape index (κ3) is 3.78. The van der Waals surface area contributed by atoms with Crippen molar-refractivity contribution in [3.05, 3.63) is 59.4 Å². The van der Waals surface area contributed by atoms with Crippen LogP contribution in [-0.4, -0.2) is 43.0 Å². The van der Waals surface area contributed by atoms with Crippen LogP contribution in [0.3, 0.4) is 0 Å². The molecule has 1 aliphatic rings. The number of benzene rings is 1. The molecule has 2 atom stereocenters. The molecule has 6 nitrogen and oxygen atoms in total. The molecule has 1 amide bonds. The Kier molecular flexibility index (Phi) is 5.11. The second kappa shape index (κ2) is 7.17. The van der Waals surface area contributed by atoms with Crippen LogP contribution in [0.15, 0.2) is 42.7 Å². The van der Waals surface area contributed by atoms with Crippen molar-refractivity contribution in [2.75, 3.05) is 24.7 Å². The molecular weight excluding hydrogens is 350 g/mol. The zero-order chi connectivity index (χ0) is 18.9. The molecule has 1 aromatic carbocycles. The number of carbonyl (C=O) groups is 1. The quantitative estimate of drug-likeness (QED) is 0.892. The van der Waals surface area contributed by atoms with E-state index in [4.69, 9.17) is 0 Å². The Morgan fingerprint density at radius 3 is 2.50 bits per heavy atom. The molecule has 0 spiro atoms. The van der Waals surface area contributed by atoms with E-state index in [2.05, 4.69) is 10.3 Å². The molecule has 0 aliphatic carbocycles. The highest BCUT2D eigenvalue weighted by Crippen LogP contribution is 2.34. The van der Waals surface area contributed by atoms with Crippen LogP contribution in [0.25, 0.3) is 0 Å². The van der Waals surface area contributed by atoms with Crippen LogP contribution in [0, 0.1) is 19.8 Å². The first-order chi connectivity index (χ1) is 12.3. The predicted molar refractivity (Wildman–Crippen MR) is 101 cm³/mol. The Morgan fingerprint density at radius 1 is 1.15 bits per heavy atom. The maximum Gasteiger partial charge on any atom is 0.229 e. The molecule has 3 rings (SSSR count). The van der Waals surface area contributed by atoms with Crippen molar-refractivity contribution >= 4 is 21.6 Å². The van der Waals surface area contributed by atoms with Gasteiger partial charge in [-0.2, -0.15) is 0 Å². The number of carbonyl (C=O) groups excluding carboxylic acids is 1. The molecule has 1 aromatic heterocycles. The van der Waals surface area contributed by atoms with Crippen molar-refractivity contribution in [1.29, 1.82) is 0 Å². The molecule has 0 bridgehead atoms. The van der Waals surface area contributed by atoms with Crippen molar-refractivity contribution in [2.24, 2.45) is 5.92 Å². The monoisotopic (exact) mass is 373 g/mol. The fourth-order valence-electron chi connectivity index (χ4n) is 3.36. The van der Waals surface area contributed by atoms with Crippen molar-refractivity contribution in [3.63, 3.8) is 0 Å². The fourth-order valence-corrected chi connectivity index (χ4v) is 4.23. The summed E-state index contributed by atoms with van der Waals surface area (Å²) in [5.74, 6) is -0.809. The van der Waals surface area contributed by atoms with E-state index in [1.165, 1.54) is 10.6 Å². The summed E-state index contributed by atoms with van der Waals surface area (Å²) in [6.45, 7) is 4.44. The fraction of sp³-hybridized carbons (Fsp3) is 0.368. The number of amides is 1. The maximum atomic E-state index is 13.0. The lowest BCUT2D eigenvalue weighted by molar-refractivity contribution is -0.119. The number of sulfonamides is 1. The maximum absolute atomic E-state index is 13.0. The average molecular weight is 373 g/mol. The number of pyridine rings is 1. The van der Waals surface area contributed by atoms with Crippen LogP contribution < -0.4 is 5.32 Å². The van der Waals surface area contributed by atoms with Crippen LogP contribution in [-0.2, 0) is 14.8 Å². The summed E-state index contributed by atoms with van der Waals surface area (Å²) < 4.78 is 25.4. The third-order valence-corrected chi connectivity index (χ3v) is 6.33. The number of aryl methyl sites for hydroxylation is 1. The van der Waals surface area contributed by atoms with E-state index < -0.39 is 15.9 Å². The SMILES string of the molecule is Cc1cccc(NC(=O)C2CN(S(C)(=O)=O)CC2c2ccncc2)c1C. The second-order valence-corrected chi connectivity index (χ2v) is 8.79. The molecule has 1 saturated heterocycles. The van der Waals surface area contributed by atoms with Gasteiger partial charge in [0.1, 0.15) is 0 Å². The van der Waals surface area contributed by atoms with Crippen molar-refractivity contribution in [1.82, 2.24) is 9.29 Å². The molecule has 7 heteroatoms. The summed E-state index contributed by atoms with van der Waals surface area (Å²) in [5, 5.41) is 2.99. The molecule has 2 unspecified atom stereocenters. The number of hydrogen-bond donors (Lipinski definition) is 1. The first-order valence-electron chi connectivity index (χ1n) is 8.49. The minimum absolute atomic E-state index is 0.160. The molecule has 0 saturated carbocycles. The van der Waals surface area contributed by atoms with E-state index in [9.17, 15) is 13.2 Å². The number of anilines is 1. The topological polar surface area (TPSA) is 79.4 Å². The van der Waals surface area contributed by atoms with E-state index in [0.29, 0.717) is 6.54 Å². The summed E-state index contributed by atoms with van der Waals surface area (Å²) in [4.78, 5) is 17.0. The number of nitrogens with zero attached hydrogens (tertiary/aromatic N) is 2. The Hall–Kier alpha value is -2.25. The highest BCUT2D eigenvalue weighted by Gasteiger charge is 2.41. The zero-order valence-corrected chi connectivity index (χ0v) is 16.0. The van der Waals surface area contributed by atoms with Crippen molar-refractivity contribution in [2.45, 2.75) is 19.8 Å². The highest BCUT2D eigenvalue weighted by atomic mass is 32.2. The van der Waals surface area contributed by atoms with Gasteiger partial charge in [0.25, 0.3) is 0 Å². The third-order valence-electron chi connectivity index (χ3n) is 5.09. The minimum Gasteiger partial charge on any atom is -0.326 e. The molecular formula is C19H23N3O3S. The first-order valence-corrected chi connectivity index (χ1v) is 10.3. The zero-order valence-electron chi connectivity index (χ0n) is 15.1. The van der Waals surface area contributed by atoms with E-state index in [1.54, 1.807) is 12.4 Å². The largest absolute Gasteiger partial charge is 0.326 e. The summed E-state index contributed by atoms with van der Waals surface area (Å²) in [6, 6.07) is 9.44. The summed E-state index contributed by atoms with van der Waals surface area (Å²) >= 11 is 0. The van der Waals surface area contributed by atoms with Gasteiger partial charge in [0, 0.05) is 37.1 Å². The summed E-state index contributed by atoms with van der Waals surface area (Å²) in [5.41, 5.74) is 3.80. The standard InChI is InChI=1S/C19H23N3O3S/c1-13-5-4-6-18(14(13)2)21-19(23)17-12-22(26(3,24)25)11-16(17)15-7-9-20-10-8-15/h4-10,16-17H,11-12H2,1-3H3,(H,21,23). The Labute approximate surface area is 154 Å². The van der Waals surface area contributed by atoms with Gasteiger partial charge in [0.2, 0.25) is 15.9 Å². The molecule has 2 aromatic rings. The van der Waals surface area contributed by atoms with Gasteiger partial charge in [-0.1, -0.05) is 12.1 Å². The van der Waals surface area contributed by atoms with E-state index in [-0.39, 0.29) is 18.4 Å². The average Bonchev–Trinajstić information content (AvgIpc) is 3.05. The Bertz CT molecular complexity index is 913. The van der Waals surface area contributed by atoms with Crippen LogP contribution >= 0.6 is 0 Å². The summed E-state index contributed by atoms with van der Waals surface area (Å²) in [7, 11) is -3.36. The van der Waals surface area contributed by atoms with Gasteiger partial charge < -0.3 is 5.32 Å². The normalized spacial score (nSPS) is 20.9.